The van der Waals surface area contributed by atoms with Gasteiger partial charge in [0.2, 0.25) is 0 Å². The van der Waals surface area contributed by atoms with Crippen molar-refractivity contribution in [1.82, 2.24) is 0 Å². The van der Waals surface area contributed by atoms with E-state index in [9.17, 15) is 4.79 Å². The molecule has 0 unspecified atom stereocenters. The first-order valence-corrected chi connectivity index (χ1v) is 9.38. The summed E-state index contributed by atoms with van der Waals surface area (Å²) in [5, 5.41) is 0. The lowest BCUT2D eigenvalue weighted by molar-refractivity contribution is -0.137. The van der Waals surface area contributed by atoms with Crippen LogP contribution in [0, 0.1) is 13.8 Å². The lowest BCUT2D eigenvalue weighted by Crippen LogP contribution is -2.10. The number of benzene rings is 3. The SMILES string of the molecule is C=CC(=O)OCCc1ccc(N(c2ccc(C)cc2)c2cccc(C)c2)cc1. The summed E-state index contributed by atoms with van der Waals surface area (Å²) in [7, 11) is 0. The number of rotatable bonds is 7. The van der Waals surface area contributed by atoms with Crippen LogP contribution in [0.1, 0.15) is 16.7 Å². The van der Waals surface area contributed by atoms with E-state index in [0.29, 0.717) is 13.0 Å². The number of hydrogen-bond acceptors (Lipinski definition) is 3. The van der Waals surface area contributed by atoms with Crippen molar-refractivity contribution in [2.75, 3.05) is 11.5 Å². The molecule has 0 aromatic heterocycles. The summed E-state index contributed by atoms with van der Waals surface area (Å²) in [6.07, 6.45) is 1.86. The molecule has 142 valence electrons. The minimum Gasteiger partial charge on any atom is -0.462 e. The molecule has 0 aliphatic rings. The maximum Gasteiger partial charge on any atom is 0.330 e. The van der Waals surface area contributed by atoms with Crippen molar-refractivity contribution in [1.29, 1.82) is 0 Å². The van der Waals surface area contributed by atoms with Crippen molar-refractivity contribution < 1.29 is 9.53 Å². The standard InChI is InChI=1S/C25H25NO2/c1-4-25(27)28-17-16-21-10-14-23(15-11-21)26(22-12-8-19(2)9-13-22)24-7-5-6-20(3)18-24/h4-15,18H,1,16-17H2,2-3H3. The highest BCUT2D eigenvalue weighted by Crippen LogP contribution is 2.35. The summed E-state index contributed by atoms with van der Waals surface area (Å²) in [5.41, 5.74) is 6.89. The van der Waals surface area contributed by atoms with Crippen LogP contribution >= 0.6 is 0 Å². The second-order valence-electron chi connectivity index (χ2n) is 6.80. The number of ether oxygens (including phenoxy) is 1. The third-order valence-electron chi connectivity index (χ3n) is 4.55. The van der Waals surface area contributed by atoms with Gasteiger partial charge in [0, 0.05) is 29.6 Å². The fourth-order valence-electron chi connectivity index (χ4n) is 3.05. The average Bonchev–Trinajstić information content (AvgIpc) is 2.71. The molecule has 0 radical (unpaired) electrons. The number of carbonyl (C=O) groups excluding carboxylic acids is 1. The number of anilines is 3. The van der Waals surface area contributed by atoms with Gasteiger partial charge in [0.25, 0.3) is 0 Å². The van der Waals surface area contributed by atoms with E-state index in [2.05, 4.69) is 98.1 Å². The molecule has 0 atom stereocenters. The molecule has 0 amide bonds. The van der Waals surface area contributed by atoms with Gasteiger partial charge < -0.3 is 9.64 Å². The summed E-state index contributed by atoms with van der Waals surface area (Å²) in [5.74, 6) is -0.387. The zero-order chi connectivity index (χ0) is 19.9. The molecule has 0 fully saturated rings. The Kier molecular flexibility index (Phi) is 6.28. The van der Waals surface area contributed by atoms with Gasteiger partial charge in [0.1, 0.15) is 0 Å². The molecule has 3 nitrogen and oxygen atoms in total. The zero-order valence-electron chi connectivity index (χ0n) is 16.4. The molecular weight excluding hydrogens is 346 g/mol. The topological polar surface area (TPSA) is 29.5 Å². The van der Waals surface area contributed by atoms with E-state index in [1.807, 2.05) is 0 Å². The predicted molar refractivity (Wildman–Crippen MR) is 115 cm³/mol. The Bertz CT molecular complexity index is 943. The van der Waals surface area contributed by atoms with Gasteiger partial charge in [0.15, 0.2) is 0 Å². The molecule has 3 heteroatoms. The minimum atomic E-state index is -0.387. The molecule has 0 aliphatic carbocycles. The number of esters is 1. The Labute approximate surface area is 166 Å². The van der Waals surface area contributed by atoms with Crippen molar-refractivity contribution in [2.24, 2.45) is 0 Å². The van der Waals surface area contributed by atoms with Crippen LogP contribution in [-0.4, -0.2) is 12.6 Å². The third kappa shape index (κ3) is 4.89. The average molecular weight is 371 g/mol. The van der Waals surface area contributed by atoms with Gasteiger partial charge >= 0.3 is 5.97 Å². The van der Waals surface area contributed by atoms with Crippen molar-refractivity contribution in [3.63, 3.8) is 0 Å². The molecule has 0 saturated carbocycles. The van der Waals surface area contributed by atoms with Crippen LogP contribution in [0.4, 0.5) is 17.1 Å². The van der Waals surface area contributed by atoms with Crippen LogP contribution in [0.15, 0.2) is 85.5 Å². The predicted octanol–water partition coefficient (Wildman–Crippen LogP) is 6.04. The van der Waals surface area contributed by atoms with E-state index in [4.69, 9.17) is 4.74 Å². The van der Waals surface area contributed by atoms with Gasteiger partial charge in [-0.15, -0.1) is 0 Å². The largest absolute Gasteiger partial charge is 0.462 e. The van der Waals surface area contributed by atoms with Crippen LogP contribution in [-0.2, 0) is 16.0 Å². The summed E-state index contributed by atoms with van der Waals surface area (Å²) in [6.45, 7) is 7.95. The summed E-state index contributed by atoms with van der Waals surface area (Å²) in [6, 6.07) is 25.4. The molecule has 3 rings (SSSR count). The Morgan fingerprint density at radius 3 is 2.14 bits per heavy atom. The van der Waals surface area contributed by atoms with E-state index in [-0.39, 0.29) is 5.97 Å². The van der Waals surface area contributed by atoms with Gasteiger partial charge in [0.05, 0.1) is 6.61 Å². The zero-order valence-corrected chi connectivity index (χ0v) is 16.4. The van der Waals surface area contributed by atoms with Crippen molar-refractivity contribution in [2.45, 2.75) is 20.3 Å². The fraction of sp³-hybridized carbons (Fsp3) is 0.160. The van der Waals surface area contributed by atoms with Crippen LogP contribution < -0.4 is 4.90 Å². The Hall–Kier alpha value is -3.33. The second kappa shape index (κ2) is 9.05. The van der Waals surface area contributed by atoms with Gasteiger partial charge in [-0.1, -0.05) is 48.5 Å². The fourth-order valence-corrected chi connectivity index (χ4v) is 3.05. The Balaban J connectivity index is 1.87. The first-order valence-electron chi connectivity index (χ1n) is 9.38. The number of hydrogen-bond donors (Lipinski definition) is 0. The quantitative estimate of drug-likeness (QED) is 0.374. The molecular formula is C25H25NO2. The Morgan fingerprint density at radius 2 is 1.54 bits per heavy atom. The summed E-state index contributed by atoms with van der Waals surface area (Å²) in [4.78, 5) is 13.4. The van der Waals surface area contributed by atoms with E-state index >= 15 is 0 Å². The molecule has 0 saturated heterocycles. The minimum absolute atomic E-state index is 0.351. The highest BCUT2D eigenvalue weighted by atomic mass is 16.5. The van der Waals surface area contributed by atoms with Crippen LogP contribution in [0.5, 0.6) is 0 Å². The molecule has 0 heterocycles. The lowest BCUT2D eigenvalue weighted by Gasteiger charge is -2.26. The van der Waals surface area contributed by atoms with E-state index in [1.54, 1.807) is 0 Å². The number of carbonyl (C=O) groups is 1. The maximum atomic E-state index is 11.2. The van der Waals surface area contributed by atoms with Crippen LogP contribution in [0.3, 0.4) is 0 Å². The number of nitrogens with zero attached hydrogens (tertiary/aromatic N) is 1. The Morgan fingerprint density at radius 1 is 0.893 bits per heavy atom. The van der Waals surface area contributed by atoms with Crippen molar-refractivity contribution >= 4 is 23.0 Å². The van der Waals surface area contributed by atoms with Crippen molar-refractivity contribution in [3.8, 4) is 0 Å². The highest BCUT2D eigenvalue weighted by Gasteiger charge is 2.12. The lowest BCUT2D eigenvalue weighted by atomic mass is 10.1. The van der Waals surface area contributed by atoms with E-state index in [1.165, 1.54) is 17.2 Å². The number of aryl methyl sites for hydroxylation is 2. The van der Waals surface area contributed by atoms with Crippen LogP contribution in [0.25, 0.3) is 0 Å². The molecule has 0 aliphatic heterocycles. The third-order valence-corrected chi connectivity index (χ3v) is 4.55. The molecule has 28 heavy (non-hydrogen) atoms. The first kappa shape index (κ1) is 19.4. The summed E-state index contributed by atoms with van der Waals surface area (Å²) < 4.78 is 5.07. The molecule has 0 spiro atoms. The van der Waals surface area contributed by atoms with Gasteiger partial charge in [-0.25, -0.2) is 4.79 Å². The van der Waals surface area contributed by atoms with Gasteiger partial charge in [-0.2, -0.15) is 0 Å². The van der Waals surface area contributed by atoms with E-state index in [0.717, 1.165) is 22.6 Å². The van der Waals surface area contributed by atoms with Gasteiger partial charge in [-0.3, -0.25) is 0 Å². The normalized spacial score (nSPS) is 10.4. The van der Waals surface area contributed by atoms with Gasteiger partial charge in [-0.05, 0) is 61.4 Å². The monoisotopic (exact) mass is 371 g/mol. The van der Waals surface area contributed by atoms with E-state index < -0.39 is 0 Å². The summed E-state index contributed by atoms with van der Waals surface area (Å²) >= 11 is 0. The van der Waals surface area contributed by atoms with Crippen molar-refractivity contribution in [3.05, 3.63) is 102 Å². The maximum absolute atomic E-state index is 11.2. The van der Waals surface area contributed by atoms with Crippen LogP contribution in [0.2, 0.25) is 0 Å². The molecule has 0 bridgehead atoms. The molecule has 3 aromatic carbocycles. The first-order chi connectivity index (χ1) is 13.6. The molecule has 3 aromatic rings. The highest BCUT2D eigenvalue weighted by molar-refractivity contribution is 5.81. The smallest absolute Gasteiger partial charge is 0.330 e. The second-order valence-corrected chi connectivity index (χ2v) is 6.80. The molecule has 0 N–H and O–H groups in total.